The van der Waals surface area contributed by atoms with Crippen molar-refractivity contribution >= 4 is 11.8 Å². The fourth-order valence-corrected chi connectivity index (χ4v) is 5.61. The van der Waals surface area contributed by atoms with Gasteiger partial charge in [-0.3, -0.25) is 20.4 Å². The van der Waals surface area contributed by atoms with Crippen LogP contribution in [0.3, 0.4) is 0 Å². The molecule has 4 aliphatic rings. The third kappa shape index (κ3) is 3.44. The van der Waals surface area contributed by atoms with E-state index in [0.717, 1.165) is 23.0 Å². The van der Waals surface area contributed by atoms with Crippen LogP contribution in [-0.2, 0) is 9.59 Å². The number of rotatable bonds is 4. The van der Waals surface area contributed by atoms with Gasteiger partial charge in [-0.05, 0) is 86.8 Å². The first-order chi connectivity index (χ1) is 12.5. The van der Waals surface area contributed by atoms with E-state index in [0.29, 0.717) is 17.6 Å². The van der Waals surface area contributed by atoms with Gasteiger partial charge >= 0.3 is 0 Å². The molecule has 0 spiro atoms. The van der Waals surface area contributed by atoms with Crippen molar-refractivity contribution in [1.29, 1.82) is 0 Å². The number of aryl methyl sites for hydroxylation is 2. The Labute approximate surface area is 154 Å². The van der Waals surface area contributed by atoms with E-state index in [1.165, 1.54) is 32.1 Å². The average Bonchev–Trinajstić information content (AvgIpc) is 2.59. The third-order valence-electron chi connectivity index (χ3n) is 6.56. The second-order valence-corrected chi connectivity index (χ2v) is 8.55. The molecule has 0 aromatic heterocycles. The van der Waals surface area contributed by atoms with E-state index in [-0.39, 0.29) is 24.3 Å². The summed E-state index contributed by atoms with van der Waals surface area (Å²) in [5.74, 6) is 3.12. The van der Waals surface area contributed by atoms with Gasteiger partial charge < -0.3 is 4.74 Å². The summed E-state index contributed by atoms with van der Waals surface area (Å²) >= 11 is 0. The predicted octanol–water partition coefficient (Wildman–Crippen LogP) is 2.90. The highest BCUT2D eigenvalue weighted by atomic mass is 16.5. The maximum atomic E-state index is 12.6. The van der Waals surface area contributed by atoms with Crippen molar-refractivity contribution in [3.05, 3.63) is 29.3 Å². The highest BCUT2D eigenvalue weighted by Gasteiger charge is 2.50. The molecule has 0 heterocycles. The zero-order valence-corrected chi connectivity index (χ0v) is 15.6. The van der Waals surface area contributed by atoms with E-state index >= 15 is 0 Å². The van der Waals surface area contributed by atoms with Crippen LogP contribution in [0.4, 0.5) is 0 Å². The number of amides is 2. The minimum atomic E-state index is -0.330. The first-order valence-electron chi connectivity index (χ1n) is 9.78. The standard InChI is InChI=1S/C21H28N2O3/c1-12-3-4-13(2)18(5-12)26-11-19(24)22-23-21(25)20-16-7-14-6-15(9-16)10-17(20)8-14/h3-5,14-17,20H,6-11H2,1-2H3,(H,22,24)(H,23,25). The summed E-state index contributed by atoms with van der Waals surface area (Å²) in [4.78, 5) is 24.7. The van der Waals surface area contributed by atoms with Crippen molar-refractivity contribution in [3.8, 4) is 5.75 Å². The van der Waals surface area contributed by atoms with Crippen molar-refractivity contribution in [1.82, 2.24) is 10.9 Å². The highest BCUT2D eigenvalue weighted by molar-refractivity contribution is 5.84. The molecule has 2 amide bonds. The second kappa shape index (κ2) is 6.93. The summed E-state index contributed by atoms with van der Waals surface area (Å²) in [5, 5.41) is 0. The van der Waals surface area contributed by atoms with Crippen molar-refractivity contribution < 1.29 is 14.3 Å². The summed E-state index contributed by atoms with van der Waals surface area (Å²) in [6, 6.07) is 5.89. The maximum Gasteiger partial charge on any atom is 0.276 e. The lowest BCUT2D eigenvalue weighted by atomic mass is 9.52. The molecule has 0 atom stereocenters. The molecule has 5 rings (SSSR count). The molecule has 26 heavy (non-hydrogen) atoms. The normalized spacial score (nSPS) is 31.5. The van der Waals surface area contributed by atoms with Crippen molar-refractivity contribution in [2.24, 2.45) is 29.6 Å². The lowest BCUT2D eigenvalue weighted by Gasteiger charge is -2.53. The van der Waals surface area contributed by atoms with Crippen LogP contribution in [0.15, 0.2) is 18.2 Å². The molecule has 1 aromatic rings. The van der Waals surface area contributed by atoms with Gasteiger partial charge in [0.25, 0.3) is 5.91 Å². The van der Waals surface area contributed by atoms with Crippen molar-refractivity contribution in [2.45, 2.75) is 46.0 Å². The third-order valence-corrected chi connectivity index (χ3v) is 6.56. The minimum Gasteiger partial charge on any atom is -0.483 e. The summed E-state index contributed by atoms with van der Waals surface area (Å²) in [5.41, 5.74) is 7.26. The molecule has 0 saturated heterocycles. The van der Waals surface area contributed by atoms with E-state index in [1.807, 2.05) is 32.0 Å². The monoisotopic (exact) mass is 356 g/mol. The number of carbonyl (C=O) groups is 2. The van der Waals surface area contributed by atoms with Gasteiger partial charge in [-0.15, -0.1) is 0 Å². The Kier molecular flexibility index (Phi) is 4.63. The SMILES string of the molecule is Cc1ccc(C)c(OCC(=O)NNC(=O)C2C3CC4CC(C3)CC2C4)c1. The second-order valence-electron chi connectivity index (χ2n) is 8.55. The maximum absolute atomic E-state index is 12.6. The molecule has 5 heteroatoms. The molecule has 4 saturated carbocycles. The predicted molar refractivity (Wildman–Crippen MR) is 98.2 cm³/mol. The Morgan fingerprint density at radius 3 is 2.31 bits per heavy atom. The summed E-state index contributed by atoms with van der Waals surface area (Å²) in [6.07, 6.45) is 6.13. The fraction of sp³-hybridized carbons (Fsp3) is 0.619. The number of carbonyl (C=O) groups excluding carboxylic acids is 2. The molecule has 4 fully saturated rings. The first kappa shape index (κ1) is 17.4. The van der Waals surface area contributed by atoms with Crippen LogP contribution in [0.2, 0.25) is 0 Å². The molecule has 4 aliphatic carbocycles. The van der Waals surface area contributed by atoms with Gasteiger partial charge in [-0.1, -0.05) is 12.1 Å². The van der Waals surface area contributed by atoms with Crippen molar-refractivity contribution in [3.63, 3.8) is 0 Å². The van der Waals surface area contributed by atoms with Gasteiger partial charge in [0.05, 0.1) is 0 Å². The van der Waals surface area contributed by atoms with E-state index in [1.54, 1.807) is 0 Å². The Bertz CT molecular complexity index is 687. The van der Waals surface area contributed by atoms with Crippen LogP contribution >= 0.6 is 0 Å². The van der Waals surface area contributed by atoms with E-state index in [9.17, 15) is 9.59 Å². The largest absolute Gasteiger partial charge is 0.483 e. The zero-order chi connectivity index (χ0) is 18.3. The fourth-order valence-electron chi connectivity index (χ4n) is 5.61. The van der Waals surface area contributed by atoms with Gasteiger partial charge in [-0.2, -0.15) is 0 Å². The summed E-state index contributed by atoms with van der Waals surface area (Å²) < 4.78 is 5.59. The Balaban J connectivity index is 1.27. The Morgan fingerprint density at radius 2 is 1.65 bits per heavy atom. The van der Waals surface area contributed by atoms with Crippen LogP contribution < -0.4 is 15.6 Å². The van der Waals surface area contributed by atoms with E-state index < -0.39 is 0 Å². The quantitative estimate of drug-likeness (QED) is 0.815. The first-order valence-corrected chi connectivity index (χ1v) is 9.78. The van der Waals surface area contributed by atoms with Crippen LogP contribution in [0.25, 0.3) is 0 Å². The number of nitrogens with one attached hydrogen (secondary N) is 2. The van der Waals surface area contributed by atoms with Crippen LogP contribution in [0.1, 0.15) is 43.2 Å². The smallest absolute Gasteiger partial charge is 0.276 e. The molecule has 0 radical (unpaired) electrons. The molecule has 1 aromatic carbocycles. The number of hydrogen-bond donors (Lipinski definition) is 2. The molecular formula is C21H28N2O3. The average molecular weight is 356 g/mol. The number of ether oxygens (including phenoxy) is 1. The lowest BCUT2D eigenvalue weighted by molar-refractivity contribution is -0.141. The van der Waals surface area contributed by atoms with Gasteiger partial charge in [0.2, 0.25) is 5.91 Å². The number of hydrogen-bond acceptors (Lipinski definition) is 3. The minimum absolute atomic E-state index is 0.0149. The van der Waals surface area contributed by atoms with Gasteiger partial charge in [0, 0.05) is 5.92 Å². The van der Waals surface area contributed by atoms with Crippen molar-refractivity contribution in [2.75, 3.05) is 6.61 Å². The van der Waals surface area contributed by atoms with Crippen LogP contribution in [-0.4, -0.2) is 18.4 Å². The van der Waals surface area contributed by atoms with Crippen LogP contribution in [0.5, 0.6) is 5.75 Å². The molecule has 2 N–H and O–H groups in total. The Morgan fingerprint density at radius 1 is 1.00 bits per heavy atom. The molecule has 5 nitrogen and oxygen atoms in total. The molecule has 140 valence electrons. The Hall–Kier alpha value is -2.04. The van der Waals surface area contributed by atoms with Gasteiger partial charge in [0.15, 0.2) is 6.61 Å². The van der Waals surface area contributed by atoms with E-state index in [2.05, 4.69) is 10.9 Å². The topological polar surface area (TPSA) is 67.4 Å². The van der Waals surface area contributed by atoms with Gasteiger partial charge in [-0.25, -0.2) is 0 Å². The molecule has 0 unspecified atom stereocenters. The lowest BCUT2D eigenvalue weighted by Crippen LogP contribution is -2.54. The summed E-state index contributed by atoms with van der Waals surface area (Å²) in [6.45, 7) is 3.82. The van der Waals surface area contributed by atoms with Gasteiger partial charge in [0.1, 0.15) is 5.75 Å². The van der Waals surface area contributed by atoms with Crippen LogP contribution in [0, 0.1) is 43.4 Å². The zero-order valence-electron chi connectivity index (χ0n) is 15.6. The highest BCUT2D eigenvalue weighted by Crippen LogP contribution is 2.56. The molecule has 4 bridgehead atoms. The summed E-state index contributed by atoms with van der Waals surface area (Å²) in [7, 11) is 0. The van der Waals surface area contributed by atoms with E-state index in [4.69, 9.17) is 4.74 Å². The molecular weight excluding hydrogens is 328 g/mol. The molecule has 0 aliphatic heterocycles. The number of benzene rings is 1. The number of hydrazine groups is 1.